The molecule has 86 valence electrons. The van der Waals surface area contributed by atoms with Gasteiger partial charge in [0, 0.05) is 12.5 Å². The normalized spacial score (nSPS) is 26.8. The maximum atomic E-state index is 10.9. The maximum absolute atomic E-state index is 10.9. The van der Waals surface area contributed by atoms with Gasteiger partial charge >= 0.3 is 0 Å². The van der Waals surface area contributed by atoms with Crippen molar-refractivity contribution in [1.82, 2.24) is 0 Å². The van der Waals surface area contributed by atoms with Gasteiger partial charge in [0.25, 0.3) is 0 Å². The van der Waals surface area contributed by atoms with Gasteiger partial charge in [-0.15, -0.1) is 0 Å². The van der Waals surface area contributed by atoms with Crippen LogP contribution in [0.3, 0.4) is 0 Å². The Morgan fingerprint density at radius 2 is 1.65 bits per heavy atom. The smallest absolute Gasteiger partial charge is 0.117 e. The van der Waals surface area contributed by atoms with E-state index in [4.69, 9.17) is 5.73 Å². The van der Waals surface area contributed by atoms with Crippen LogP contribution in [0.15, 0.2) is 54.6 Å². The van der Waals surface area contributed by atoms with E-state index in [1.54, 1.807) is 0 Å². The second-order valence-corrected chi connectivity index (χ2v) is 4.62. The van der Waals surface area contributed by atoms with Crippen molar-refractivity contribution in [1.29, 1.82) is 0 Å². The van der Waals surface area contributed by atoms with Gasteiger partial charge in [-0.05, 0) is 16.7 Å². The van der Waals surface area contributed by atoms with Gasteiger partial charge in [0.1, 0.15) is 5.60 Å². The molecule has 2 heteroatoms. The fourth-order valence-corrected chi connectivity index (χ4v) is 2.72. The van der Waals surface area contributed by atoms with Gasteiger partial charge in [-0.3, -0.25) is 0 Å². The lowest BCUT2D eigenvalue weighted by molar-refractivity contribution is 0.0776. The van der Waals surface area contributed by atoms with Crippen LogP contribution in [0, 0.1) is 0 Å². The van der Waals surface area contributed by atoms with Crippen molar-refractivity contribution in [2.75, 3.05) is 0 Å². The van der Waals surface area contributed by atoms with E-state index in [-0.39, 0.29) is 6.04 Å². The van der Waals surface area contributed by atoms with Crippen LogP contribution in [0.2, 0.25) is 0 Å². The number of rotatable bonds is 1. The molecule has 3 N–H and O–H groups in total. The lowest BCUT2D eigenvalue weighted by Gasteiger charge is -2.24. The maximum Gasteiger partial charge on any atom is 0.117 e. The Morgan fingerprint density at radius 3 is 2.41 bits per heavy atom. The predicted molar refractivity (Wildman–Crippen MR) is 67.4 cm³/mol. The monoisotopic (exact) mass is 225 g/mol. The minimum absolute atomic E-state index is 0.0867. The third-order valence-electron chi connectivity index (χ3n) is 3.57. The number of benzene rings is 2. The van der Waals surface area contributed by atoms with Crippen LogP contribution in [-0.4, -0.2) is 5.11 Å². The molecule has 0 fully saturated rings. The van der Waals surface area contributed by atoms with Crippen LogP contribution in [-0.2, 0) is 5.60 Å². The SMILES string of the molecule is NC1CC(O)(c2ccccc2)c2ccccc21. The fraction of sp³-hybridized carbons (Fsp3) is 0.200. The molecule has 2 atom stereocenters. The zero-order valence-corrected chi connectivity index (χ0v) is 9.51. The first-order valence-corrected chi connectivity index (χ1v) is 5.85. The summed E-state index contributed by atoms with van der Waals surface area (Å²) in [5, 5.41) is 10.9. The summed E-state index contributed by atoms with van der Waals surface area (Å²) in [4.78, 5) is 0. The highest BCUT2D eigenvalue weighted by Gasteiger charge is 2.41. The molecule has 0 radical (unpaired) electrons. The Kier molecular flexibility index (Phi) is 2.28. The first kappa shape index (κ1) is 10.5. The Balaban J connectivity index is 2.18. The number of hydrogen-bond donors (Lipinski definition) is 2. The van der Waals surface area contributed by atoms with Gasteiger partial charge in [-0.1, -0.05) is 54.6 Å². The first-order valence-electron chi connectivity index (χ1n) is 5.85. The Morgan fingerprint density at radius 1 is 1.00 bits per heavy atom. The van der Waals surface area contributed by atoms with E-state index >= 15 is 0 Å². The van der Waals surface area contributed by atoms with Crippen LogP contribution in [0.1, 0.15) is 29.2 Å². The number of aliphatic hydroxyl groups is 1. The minimum atomic E-state index is -0.933. The highest BCUT2D eigenvalue weighted by atomic mass is 16.3. The number of fused-ring (bicyclic) bond motifs is 1. The molecule has 0 spiro atoms. The lowest BCUT2D eigenvalue weighted by atomic mass is 9.88. The highest BCUT2D eigenvalue weighted by molar-refractivity contribution is 5.46. The number of hydrogen-bond acceptors (Lipinski definition) is 2. The summed E-state index contributed by atoms with van der Waals surface area (Å²) in [5.41, 5.74) is 8.08. The Bertz CT molecular complexity index is 538. The fourth-order valence-electron chi connectivity index (χ4n) is 2.72. The van der Waals surface area contributed by atoms with E-state index in [9.17, 15) is 5.11 Å². The van der Waals surface area contributed by atoms with E-state index in [1.165, 1.54) is 0 Å². The topological polar surface area (TPSA) is 46.2 Å². The van der Waals surface area contributed by atoms with Crippen molar-refractivity contribution in [2.24, 2.45) is 5.73 Å². The van der Waals surface area contributed by atoms with Crippen molar-refractivity contribution in [3.8, 4) is 0 Å². The predicted octanol–water partition coefficient (Wildman–Crippen LogP) is 2.33. The molecule has 17 heavy (non-hydrogen) atoms. The van der Waals surface area contributed by atoms with Crippen molar-refractivity contribution in [3.05, 3.63) is 71.3 Å². The second kappa shape index (κ2) is 3.69. The highest BCUT2D eigenvalue weighted by Crippen LogP contribution is 2.45. The summed E-state index contributed by atoms with van der Waals surface area (Å²) in [6.07, 6.45) is 0.552. The van der Waals surface area contributed by atoms with Crippen molar-refractivity contribution < 1.29 is 5.11 Å². The van der Waals surface area contributed by atoms with Crippen LogP contribution >= 0.6 is 0 Å². The average Bonchev–Trinajstić information content (AvgIpc) is 2.65. The zero-order chi connectivity index (χ0) is 11.9. The van der Waals surface area contributed by atoms with Crippen LogP contribution < -0.4 is 5.73 Å². The molecule has 0 saturated heterocycles. The molecule has 3 rings (SSSR count). The summed E-state index contributed by atoms with van der Waals surface area (Å²) < 4.78 is 0. The average molecular weight is 225 g/mol. The standard InChI is InChI=1S/C15H15NO/c16-14-10-15(17,11-6-2-1-3-7-11)13-9-5-4-8-12(13)14/h1-9,14,17H,10,16H2. The minimum Gasteiger partial charge on any atom is -0.380 e. The van der Waals surface area contributed by atoms with Crippen molar-refractivity contribution in [3.63, 3.8) is 0 Å². The van der Waals surface area contributed by atoms with Gasteiger partial charge in [0.05, 0.1) is 0 Å². The molecule has 0 bridgehead atoms. The third kappa shape index (κ3) is 1.49. The molecular weight excluding hydrogens is 210 g/mol. The van der Waals surface area contributed by atoms with Crippen LogP contribution in [0.4, 0.5) is 0 Å². The molecule has 0 amide bonds. The van der Waals surface area contributed by atoms with E-state index < -0.39 is 5.60 Å². The second-order valence-electron chi connectivity index (χ2n) is 4.62. The van der Waals surface area contributed by atoms with Crippen molar-refractivity contribution >= 4 is 0 Å². The number of nitrogens with two attached hydrogens (primary N) is 1. The third-order valence-corrected chi connectivity index (χ3v) is 3.57. The molecule has 0 aromatic heterocycles. The molecule has 2 aromatic carbocycles. The summed E-state index contributed by atoms with van der Waals surface area (Å²) in [6, 6.07) is 17.5. The first-order chi connectivity index (χ1) is 8.22. The van der Waals surface area contributed by atoms with E-state index in [0.29, 0.717) is 6.42 Å². The summed E-state index contributed by atoms with van der Waals surface area (Å²) >= 11 is 0. The molecule has 2 unspecified atom stereocenters. The van der Waals surface area contributed by atoms with Gasteiger partial charge < -0.3 is 10.8 Å². The van der Waals surface area contributed by atoms with Gasteiger partial charge in [-0.25, -0.2) is 0 Å². The van der Waals surface area contributed by atoms with Gasteiger partial charge in [0.2, 0.25) is 0 Å². The summed E-state index contributed by atoms with van der Waals surface area (Å²) in [6.45, 7) is 0. The zero-order valence-electron chi connectivity index (χ0n) is 9.51. The van der Waals surface area contributed by atoms with Gasteiger partial charge in [-0.2, -0.15) is 0 Å². The largest absolute Gasteiger partial charge is 0.380 e. The molecule has 2 aromatic rings. The molecule has 0 aliphatic heterocycles. The lowest BCUT2D eigenvalue weighted by Crippen LogP contribution is -2.24. The molecule has 1 aliphatic rings. The summed E-state index contributed by atoms with van der Waals surface area (Å²) in [7, 11) is 0. The molecule has 0 heterocycles. The Labute approximate surface area is 101 Å². The van der Waals surface area contributed by atoms with Crippen LogP contribution in [0.5, 0.6) is 0 Å². The quantitative estimate of drug-likeness (QED) is 0.782. The van der Waals surface area contributed by atoms with E-state index in [1.807, 2.05) is 54.6 Å². The molecule has 0 saturated carbocycles. The molecular formula is C15H15NO. The van der Waals surface area contributed by atoms with Crippen LogP contribution in [0.25, 0.3) is 0 Å². The molecule has 2 nitrogen and oxygen atoms in total. The van der Waals surface area contributed by atoms with E-state index in [0.717, 1.165) is 16.7 Å². The van der Waals surface area contributed by atoms with Crippen molar-refractivity contribution in [2.45, 2.75) is 18.1 Å². The Hall–Kier alpha value is -1.64. The molecule has 1 aliphatic carbocycles. The van der Waals surface area contributed by atoms with E-state index in [2.05, 4.69) is 0 Å². The summed E-state index contributed by atoms with van der Waals surface area (Å²) in [5.74, 6) is 0. The van der Waals surface area contributed by atoms with Gasteiger partial charge in [0.15, 0.2) is 0 Å².